The largest absolute Gasteiger partial charge is 0.386 e. The van der Waals surface area contributed by atoms with Crippen LogP contribution in [0.1, 0.15) is 5.56 Å². The lowest BCUT2D eigenvalue weighted by molar-refractivity contribution is -0.0170. The third kappa shape index (κ3) is 3.21. The summed E-state index contributed by atoms with van der Waals surface area (Å²) in [7, 11) is 1.56. The molecule has 0 aliphatic carbocycles. The molecule has 34 heavy (non-hydrogen) atoms. The van der Waals surface area contributed by atoms with E-state index in [1.807, 2.05) is 6.07 Å². The van der Waals surface area contributed by atoms with Crippen LogP contribution in [0.4, 0.5) is 28.9 Å². The van der Waals surface area contributed by atoms with Gasteiger partial charge in [-0.25, -0.2) is 22.5 Å². The first-order valence-electron chi connectivity index (χ1n) is 10.5. The highest BCUT2D eigenvalue weighted by Crippen LogP contribution is 2.46. The molecule has 0 bridgehead atoms. The Bertz CT molecular complexity index is 1470. The van der Waals surface area contributed by atoms with Crippen LogP contribution in [0.15, 0.2) is 30.7 Å². The zero-order valence-corrected chi connectivity index (χ0v) is 18.0. The van der Waals surface area contributed by atoms with Gasteiger partial charge in [0.05, 0.1) is 45.7 Å². The molecule has 7 nitrogen and oxygen atoms in total. The zero-order chi connectivity index (χ0) is 24.2. The lowest BCUT2D eigenvalue weighted by atomic mass is 10.0. The molecule has 1 aliphatic heterocycles. The summed E-state index contributed by atoms with van der Waals surface area (Å²) in [5.41, 5.74) is 7.66. The molecule has 0 radical (unpaired) electrons. The molecule has 4 aromatic rings. The summed E-state index contributed by atoms with van der Waals surface area (Å²) in [5.74, 6) is -6.41. The van der Waals surface area contributed by atoms with E-state index in [2.05, 4.69) is 20.3 Å². The molecule has 0 spiro atoms. The average Bonchev–Trinajstić information content (AvgIpc) is 3.37. The number of nitrogens with one attached hydrogen (secondary N) is 2. The molecule has 1 saturated heterocycles. The van der Waals surface area contributed by atoms with E-state index in [1.54, 1.807) is 13.1 Å². The summed E-state index contributed by atoms with van der Waals surface area (Å²) < 4.78 is 59.2. The molecule has 0 unspecified atom stereocenters. The summed E-state index contributed by atoms with van der Waals surface area (Å²) in [5, 5.41) is 12.2. The van der Waals surface area contributed by atoms with E-state index in [4.69, 9.17) is 5.73 Å². The summed E-state index contributed by atoms with van der Waals surface area (Å²) in [6.07, 6.45) is 4.28. The first-order chi connectivity index (χ1) is 16.3. The number of alkyl halides is 2. The third-order valence-electron chi connectivity index (χ3n) is 6.25. The van der Waals surface area contributed by atoms with Gasteiger partial charge >= 0.3 is 0 Å². The fourth-order valence-electron chi connectivity index (χ4n) is 4.59. The first kappa shape index (κ1) is 21.9. The van der Waals surface area contributed by atoms with Gasteiger partial charge in [-0.2, -0.15) is 5.26 Å². The Kier molecular flexibility index (Phi) is 5.06. The highest BCUT2D eigenvalue weighted by atomic mass is 19.3. The number of aromatic nitrogens is 3. The Hall–Kier alpha value is -3.91. The van der Waals surface area contributed by atoms with Crippen molar-refractivity contribution < 1.29 is 17.6 Å². The van der Waals surface area contributed by atoms with Crippen molar-refractivity contribution >= 4 is 33.3 Å². The van der Waals surface area contributed by atoms with Gasteiger partial charge in [0.25, 0.3) is 5.92 Å². The Morgan fingerprint density at radius 2 is 2.06 bits per heavy atom. The molecule has 1 fully saturated rings. The van der Waals surface area contributed by atoms with Gasteiger partial charge in [0.15, 0.2) is 11.6 Å². The van der Waals surface area contributed by atoms with E-state index < -0.39 is 30.0 Å². The summed E-state index contributed by atoms with van der Waals surface area (Å²) in [4.78, 5) is 12.9. The van der Waals surface area contributed by atoms with Crippen molar-refractivity contribution in [3.8, 4) is 17.2 Å². The molecule has 174 valence electrons. The summed E-state index contributed by atoms with van der Waals surface area (Å²) >= 11 is 0. The van der Waals surface area contributed by atoms with Crippen LogP contribution in [0, 0.1) is 28.9 Å². The smallest absolute Gasteiger partial charge is 0.270 e. The number of anilines is 2. The zero-order valence-electron chi connectivity index (χ0n) is 18.0. The number of rotatable bonds is 4. The Morgan fingerprint density at radius 1 is 1.26 bits per heavy atom. The van der Waals surface area contributed by atoms with Crippen LogP contribution in [0.2, 0.25) is 0 Å². The number of aromatic amines is 1. The van der Waals surface area contributed by atoms with Crippen LogP contribution in [0.25, 0.3) is 33.1 Å². The Balaban J connectivity index is 1.89. The average molecular weight is 469 g/mol. The molecule has 1 aliphatic rings. The van der Waals surface area contributed by atoms with Crippen molar-refractivity contribution in [1.82, 2.24) is 15.0 Å². The molecule has 4 heterocycles. The molecule has 3 aromatic heterocycles. The van der Waals surface area contributed by atoms with Gasteiger partial charge in [-0.15, -0.1) is 0 Å². The van der Waals surface area contributed by atoms with Crippen LogP contribution in [0.3, 0.4) is 0 Å². The van der Waals surface area contributed by atoms with E-state index >= 15 is 4.39 Å². The van der Waals surface area contributed by atoms with Gasteiger partial charge < -0.3 is 20.9 Å². The highest BCUT2D eigenvalue weighted by Gasteiger charge is 2.48. The molecule has 4 N–H and O–H groups in total. The Labute approximate surface area is 191 Å². The highest BCUT2D eigenvalue weighted by molar-refractivity contribution is 6.18. The number of benzene rings is 1. The number of H-pyrrole nitrogens is 1. The maximum atomic E-state index is 15.2. The lowest BCUT2D eigenvalue weighted by Gasteiger charge is -2.23. The minimum atomic E-state index is -3.08. The summed E-state index contributed by atoms with van der Waals surface area (Å²) in [6, 6.07) is 4.55. The van der Waals surface area contributed by atoms with Crippen molar-refractivity contribution in [3.63, 3.8) is 0 Å². The fraction of sp³-hybridized carbons (Fsp3) is 0.261. The van der Waals surface area contributed by atoms with E-state index in [9.17, 15) is 18.4 Å². The molecule has 1 atom stereocenters. The maximum absolute atomic E-state index is 15.2. The maximum Gasteiger partial charge on any atom is 0.270 e. The quantitative estimate of drug-likeness (QED) is 0.390. The predicted molar refractivity (Wildman–Crippen MR) is 121 cm³/mol. The van der Waals surface area contributed by atoms with Gasteiger partial charge in [0.2, 0.25) is 0 Å². The van der Waals surface area contributed by atoms with E-state index in [-0.39, 0.29) is 46.3 Å². The number of hydrogen-bond donors (Lipinski definition) is 3. The number of hydrogen-bond acceptors (Lipinski definition) is 6. The Morgan fingerprint density at radius 3 is 2.74 bits per heavy atom. The molecular formula is C23H19F4N7. The van der Waals surface area contributed by atoms with E-state index in [0.29, 0.717) is 16.8 Å². The number of nitriles is 1. The third-order valence-corrected chi connectivity index (χ3v) is 6.25. The molecule has 0 saturated carbocycles. The monoisotopic (exact) mass is 469 g/mol. The van der Waals surface area contributed by atoms with Crippen LogP contribution in [-0.4, -0.2) is 47.6 Å². The van der Waals surface area contributed by atoms with Crippen LogP contribution < -0.4 is 16.0 Å². The van der Waals surface area contributed by atoms with Crippen molar-refractivity contribution in [3.05, 3.63) is 47.9 Å². The standard InChI is InChI=1S/C23H19F4N7/c1-30-16-3-15(24)19(25)17-18-21(34-9-13(5-29)23(26,27)10-34)14(8-32-22(18)33-20(16)17)12-2-11(4-28)6-31-7-12/h2-3,6-8,13,30H,5,9-10,29H2,1H3,(H,32,33)/t13-/m0/s1. The second-order valence-corrected chi connectivity index (χ2v) is 8.24. The summed E-state index contributed by atoms with van der Waals surface area (Å²) in [6.45, 7) is -0.988. The second kappa shape index (κ2) is 7.85. The van der Waals surface area contributed by atoms with Crippen LogP contribution in [-0.2, 0) is 0 Å². The van der Waals surface area contributed by atoms with Crippen LogP contribution >= 0.6 is 0 Å². The van der Waals surface area contributed by atoms with Gasteiger partial charge in [-0.05, 0) is 6.07 Å². The van der Waals surface area contributed by atoms with Crippen molar-refractivity contribution in [1.29, 1.82) is 5.26 Å². The van der Waals surface area contributed by atoms with E-state index in [1.165, 1.54) is 23.5 Å². The SMILES string of the molecule is CNc1cc(F)c(F)c2c1[nH]c1ncc(-c3cncc(C#N)c3)c(N3C[C@H](CN)C(F)(F)C3)c12. The second-order valence-electron chi connectivity index (χ2n) is 8.24. The van der Waals surface area contributed by atoms with Crippen molar-refractivity contribution in [2.24, 2.45) is 11.7 Å². The van der Waals surface area contributed by atoms with Gasteiger partial charge in [-0.1, -0.05) is 0 Å². The molecule has 0 amide bonds. The molecule has 5 rings (SSSR count). The van der Waals surface area contributed by atoms with Crippen LogP contribution in [0.5, 0.6) is 0 Å². The minimum absolute atomic E-state index is 0.0938. The van der Waals surface area contributed by atoms with E-state index in [0.717, 1.165) is 6.07 Å². The van der Waals surface area contributed by atoms with Gasteiger partial charge in [0.1, 0.15) is 11.7 Å². The number of fused-ring (bicyclic) bond motifs is 3. The van der Waals surface area contributed by atoms with Crippen molar-refractivity contribution in [2.75, 3.05) is 36.9 Å². The van der Waals surface area contributed by atoms with Gasteiger partial charge in [0, 0.05) is 55.9 Å². The molecular weight excluding hydrogens is 450 g/mol. The number of nitrogens with zero attached hydrogens (tertiary/aromatic N) is 4. The number of nitrogens with two attached hydrogens (primary N) is 1. The predicted octanol–water partition coefficient (Wildman–Crippen LogP) is 4.00. The van der Waals surface area contributed by atoms with Gasteiger partial charge in [-0.3, -0.25) is 4.98 Å². The first-order valence-corrected chi connectivity index (χ1v) is 10.5. The number of halogens is 4. The topological polar surface area (TPSA) is 107 Å². The normalized spacial score (nSPS) is 17.4. The number of pyridine rings is 2. The minimum Gasteiger partial charge on any atom is -0.386 e. The van der Waals surface area contributed by atoms with Crippen molar-refractivity contribution in [2.45, 2.75) is 5.92 Å². The fourth-order valence-corrected chi connectivity index (χ4v) is 4.59. The lowest BCUT2D eigenvalue weighted by Crippen LogP contribution is -2.32. The molecule has 11 heteroatoms. The molecule has 1 aromatic carbocycles.